The third-order valence-electron chi connectivity index (χ3n) is 4.62. The predicted molar refractivity (Wildman–Crippen MR) is 99.7 cm³/mol. The van der Waals surface area contributed by atoms with Crippen LogP contribution in [0.4, 0.5) is 5.95 Å². The Morgan fingerprint density at radius 2 is 1.88 bits per heavy atom. The van der Waals surface area contributed by atoms with E-state index in [9.17, 15) is 4.79 Å². The molecule has 1 heterocycles. The Balaban J connectivity index is 1.71. The first-order chi connectivity index (χ1) is 12.1. The molecule has 1 aliphatic carbocycles. The van der Waals surface area contributed by atoms with Gasteiger partial charge in [-0.15, -0.1) is 0 Å². The molecule has 0 unspecified atom stereocenters. The Hall–Kier alpha value is -2.43. The van der Waals surface area contributed by atoms with Gasteiger partial charge in [-0.05, 0) is 31.4 Å². The first-order valence-corrected chi connectivity index (χ1v) is 9.03. The molecule has 2 aromatic rings. The Labute approximate surface area is 149 Å². The number of anilines is 1. The third-order valence-corrected chi connectivity index (χ3v) is 4.62. The fourth-order valence-corrected chi connectivity index (χ4v) is 3.27. The average molecular weight is 338 g/mol. The molecule has 3 rings (SSSR count). The average Bonchev–Trinajstić information content (AvgIpc) is 2.63. The number of aryl methyl sites for hydroxylation is 1. The molecule has 0 spiro atoms. The molecule has 1 aromatic heterocycles. The Kier molecular flexibility index (Phi) is 5.64. The Morgan fingerprint density at radius 1 is 1.16 bits per heavy atom. The van der Waals surface area contributed by atoms with E-state index >= 15 is 0 Å². The summed E-state index contributed by atoms with van der Waals surface area (Å²) in [4.78, 5) is 23.5. The van der Waals surface area contributed by atoms with Crippen LogP contribution in [0.2, 0.25) is 0 Å². The van der Waals surface area contributed by atoms with Gasteiger partial charge in [0, 0.05) is 25.3 Å². The van der Waals surface area contributed by atoms with Crippen LogP contribution in [0.3, 0.4) is 0 Å². The first-order valence-electron chi connectivity index (χ1n) is 9.03. The number of nitrogens with zero attached hydrogens (tertiary/aromatic N) is 3. The number of amides is 1. The van der Waals surface area contributed by atoms with Crippen LogP contribution in [-0.2, 0) is 6.54 Å². The van der Waals surface area contributed by atoms with E-state index in [0.717, 1.165) is 18.5 Å². The molecule has 1 aliphatic rings. The molecule has 1 saturated carbocycles. The summed E-state index contributed by atoms with van der Waals surface area (Å²) in [5.74, 6) is 0.490. The van der Waals surface area contributed by atoms with Crippen molar-refractivity contribution in [3.8, 4) is 0 Å². The normalized spacial score (nSPS) is 15.0. The number of hydrogen-bond donors (Lipinski definition) is 1. The summed E-state index contributed by atoms with van der Waals surface area (Å²) < 4.78 is 0. The summed E-state index contributed by atoms with van der Waals surface area (Å²) in [6.07, 6.45) is 5.79. The van der Waals surface area contributed by atoms with Gasteiger partial charge in [-0.1, -0.05) is 49.6 Å². The summed E-state index contributed by atoms with van der Waals surface area (Å²) in [5.41, 5.74) is 2.44. The molecule has 0 radical (unpaired) electrons. The molecule has 5 heteroatoms. The van der Waals surface area contributed by atoms with Gasteiger partial charge in [0.1, 0.15) is 5.69 Å². The summed E-state index contributed by atoms with van der Waals surface area (Å²) in [5, 5.41) is 3.13. The highest BCUT2D eigenvalue weighted by Crippen LogP contribution is 2.18. The van der Waals surface area contributed by atoms with Crippen LogP contribution in [0.5, 0.6) is 0 Å². The summed E-state index contributed by atoms with van der Waals surface area (Å²) in [6, 6.07) is 12.2. The van der Waals surface area contributed by atoms with Crippen molar-refractivity contribution in [1.29, 1.82) is 0 Å². The van der Waals surface area contributed by atoms with Crippen LogP contribution in [0.25, 0.3) is 0 Å². The number of benzene rings is 1. The van der Waals surface area contributed by atoms with Crippen molar-refractivity contribution >= 4 is 11.9 Å². The molecule has 1 aromatic carbocycles. The van der Waals surface area contributed by atoms with E-state index in [1.165, 1.54) is 24.8 Å². The number of nitrogens with one attached hydrogen (secondary N) is 1. The van der Waals surface area contributed by atoms with E-state index in [2.05, 4.69) is 27.4 Å². The van der Waals surface area contributed by atoms with Crippen LogP contribution < -0.4 is 10.2 Å². The third kappa shape index (κ3) is 4.78. The second-order valence-electron chi connectivity index (χ2n) is 6.84. The Bertz CT molecular complexity index is 711. The number of rotatable bonds is 5. The first kappa shape index (κ1) is 17.4. The van der Waals surface area contributed by atoms with Crippen LogP contribution in [0.15, 0.2) is 36.4 Å². The molecule has 132 valence electrons. The maximum absolute atomic E-state index is 12.6. The van der Waals surface area contributed by atoms with Gasteiger partial charge in [-0.25, -0.2) is 9.97 Å². The monoisotopic (exact) mass is 338 g/mol. The number of aromatic nitrogens is 2. The maximum Gasteiger partial charge on any atom is 0.270 e. The molecular formula is C20H26N4O. The lowest BCUT2D eigenvalue weighted by atomic mass is 9.95. The van der Waals surface area contributed by atoms with Crippen LogP contribution >= 0.6 is 0 Å². The van der Waals surface area contributed by atoms with Crippen molar-refractivity contribution in [1.82, 2.24) is 15.3 Å². The van der Waals surface area contributed by atoms with E-state index in [-0.39, 0.29) is 11.9 Å². The zero-order valence-electron chi connectivity index (χ0n) is 15.0. The van der Waals surface area contributed by atoms with Gasteiger partial charge in [0.2, 0.25) is 5.95 Å². The zero-order chi connectivity index (χ0) is 17.6. The Morgan fingerprint density at radius 3 is 2.60 bits per heavy atom. The van der Waals surface area contributed by atoms with Crippen molar-refractivity contribution in [2.45, 2.75) is 51.6 Å². The van der Waals surface area contributed by atoms with Gasteiger partial charge >= 0.3 is 0 Å². The van der Waals surface area contributed by atoms with Crippen molar-refractivity contribution in [2.24, 2.45) is 0 Å². The highest BCUT2D eigenvalue weighted by molar-refractivity contribution is 5.92. The second-order valence-corrected chi connectivity index (χ2v) is 6.84. The minimum absolute atomic E-state index is 0.0910. The minimum atomic E-state index is -0.0910. The van der Waals surface area contributed by atoms with Crippen LogP contribution in [-0.4, -0.2) is 29.0 Å². The van der Waals surface area contributed by atoms with E-state index in [1.807, 2.05) is 37.1 Å². The largest absolute Gasteiger partial charge is 0.348 e. The SMILES string of the molecule is Cc1cc(C(=O)NC2CCCCC2)nc(N(C)Cc2ccccc2)n1. The van der Waals surface area contributed by atoms with Crippen molar-refractivity contribution < 1.29 is 4.79 Å². The molecule has 0 atom stereocenters. The lowest BCUT2D eigenvalue weighted by molar-refractivity contribution is 0.0922. The summed E-state index contributed by atoms with van der Waals surface area (Å²) in [6.45, 7) is 2.60. The fourth-order valence-electron chi connectivity index (χ4n) is 3.27. The van der Waals surface area contributed by atoms with E-state index in [0.29, 0.717) is 18.2 Å². The lowest BCUT2D eigenvalue weighted by Gasteiger charge is -2.23. The van der Waals surface area contributed by atoms with E-state index in [1.54, 1.807) is 6.07 Å². The molecular weight excluding hydrogens is 312 g/mol. The number of hydrogen-bond acceptors (Lipinski definition) is 4. The second kappa shape index (κ2) is 8.10. The number of carbonyl (C=O) groups excluding carboxylic acids is 1. The molecule has 1 fully saturated rings. The van der Waals surface area contributed by atoms with Gasteiger partial charge in [-0.2, -0.15) is 0 Å². The molecule has 0 aliphatic heterocycles. The van der Waals surface area contributed by atoms with Crippen LogP contribution in [0.1, 0.15) is 53.8 Å². The van der Waals surface area contributed by atoms with Gasteiger partial charge in [0.25, 0.3) is 5.91 Å². The minimum Gasteiger partial charge on any atom is -0.348 e. The summed E-state index contributed by atoms with van der Waals surface area (Å²) in [7, 11) is 1.95. The van der Waals surface area contributed by atoms with Gasteiger partial charge in [-0.3, -0.25) is 4.79 Å². The summed E-state index contributed by atoms with van der Waals surface area (Å²) >= 11 is 0. The number of carbonyl (C=O) groups is 1. The zero-order valence-corrected chi connectivity index (χ0v) is 15.0. The smallest absolute Gasteiger partial charge is 0.270 e. The van der Waals surface area contributed by atoms with Crippen molar-refractivity contribution in [3.05, 3.63) is 53.3 Å². The van der Waals surface area contributed by atoms with Gasteiger partial charge in [0.05, 0.1) is 0 Å². The molecule has 1 N–H and O–H groups in total. The van der Waals surface area contributed by atoms with Gasteiger partial charge in [0.15, 0.2) is 0 Å². The van der Waals surface area contributed by atoms with E-state index in [4.69, 9.17) is 0 Å². The molecule has 5 nitrogen and oxygen atoms in total. The standard InChI is InChI=1S/C20H26N4O/c1-15-13-18(19(25)22-17-11-7-4-8-12-17)23-20(21-15)24(2)14-16-9-5-3-6-10-16/h3,5-6,9-10,13,17H,4,7-8,11-12,14H2,1-2H3,(H,22,25). The van der Waals surface area contributed by atoms with Gasteiger partial charge < -0.3 is 10.2 Å². The maximum atomic E-state index is 12.6. The molecule has 0 saturated heterocycles. The molecule has 1 amide bonds. The lowest BCUT2D eigenvalue weighted by Crippen LogP contribution is -2.37. The quantitative estimate of drug-likeness (QED) is 0.907. The highest BCUT2D eigenvalue weighted by Gasteiger charge is 2.19. The predicted octanol–water partition coefficient (Wildman–Crippen LogP) is 3.48. The molecule has 0 bridgehead atoms. The van der Waals surface area contributed by atoms with E-state index < -0.39 is 0 Å². The topological polar surface area (TPSA) is 58.1 Å². The van der Waals surface area contributed by atoms with Crippen LogP contribution in [0, 0.1) is 6.92 Å². The van der Waals surface area contributed by atoms with Crippen molar-refractivity contribution in [2.75, 3.05) is 11.9 Å². The fraction of sp³-hybridized carbons (Fsp3) is 0.450. The van der Waals surface area contributed by atoms with Crippen molar-refractivity contribution in [3.63, 3.8) is 0 Å². The molecule has 25 heavy (non-hydrogen) atoms. The highest BCUT2D eigenvalue weighted by atomic mass is 16.1.